The Labute approximate surface area is 199 Å². The van der Waals surface area contributed by atoms with E-state index in [1.807, 2.05) is 0 Å². The van der Waals surface area contributed by atoms with Crippen LogP contribution in [0.3, 0.4) is 0 Å². The summed E-state index contributed by atoms with van der Waals surface area (Å²) < 4.78 is 14.6. The molecule has 2 aromatic rings. The quantitative estimate of drug-likeness (QED) is 0.266. The van der Waals surface area contributed by atoms with E-state index in [1.165, 1.54) is 24.3 Å². The Morgan fingerprint density at radius 3 is 2.40 bits per heavy atom. The van der Waals surface area contributed by atoms with Crippen molar-refractivity contribution in [1.82, 2.24) is 10.6 Å². The summed E-state index contributed by atoms with van der Waals surface area (Å²) in [6.45, 7) is -0.228. The number of rotatable bonds is 4. The Hall–Kier alpha value is -3.74. The average molecular weight is 490 g/mol. The van der Waals surface area contributed by atoms with Crippen molar-refractivity contribution in [3.8, 4) is 22.6 Å². The van der Waals surface area contributed by atoms with Gasteiger partial charge in [-0.15, -0.1) is 0 Å². The zero-order valence-electron chi connectivity index (χ0n) is 18.6. The summed E-state index contributed by atoms with van der Waals surface area (Å²) in [5, 5.41) is 44.7. The molecule has 0 aliphatic carbocycles. The molecule has 1 aliphatic heterocycles. The van der Waals surface area contributed by atoms with Crippen LogP contribution >= 0.6 is 0 Å². The highest BCUT2D eigenvalue weighted by Crippen LogP contribution is 2.32. The van der Waals surface area contributed by atoms with Crippen molar-refractivity contribution in [3.05, 3.63) is 47.3 Å². The zero-order valence-corrected chi connectivity index (χ0v) is 18.6. The number of hydrogen-bond acceptors (Lipinski definition) is 8. The lowest BCUT2D eigenvalue weighted by molar-refractivity contribution is -0.142. The van der Waals surface area contributed by atoms with Crippen LogP contribution in [0.1, 0.15) is 17.5 Å². The standard InChI is InChI=1S/C23H27FN4O7/c24-15-5-11-4-13(20(15)31)7-18(23(34)35)28-22(33)17(8-14(29)9-25)27-21(32)16(26)6-12-3-10(11)1-2-19(12)30/h1-5,14,16-18,29-31H,6-9,25-26H2,(H,27,32)(H,28,33)(H,34,35)/t14-,16+,17+,18+/m1/s1. The van der Waals surface area contributed by atoms with E-state index in [0.717, 1.165) is 6.07 Å². The number of aliphatic hydroxyl groups excluding tert-OH is 1. The second kappa shape index (κ2) is 10.7. The molecule has 10 N–H and O–H groups in total. The smallest absolute Gasteiger partial charge is 0.326 e. The van der Waals surface area contributed by atoms with Crippen LogP contribution in [-0.4, -0.2) is 69.0 Å². The van der Waals surface area contributed by atoms with E-state index < -0.39 is 60.0 Å². The first-order valence-electron chi connectivity index (χ1n) is 10.8. The number of phenolic OH excluding ortho intramolecular Hbond substituents is 2. The normalized spacial score (nSPS) is 21.8. The topological polar surface area (TPSA) is 208 Å². The monoisotopic (exact) mass is 490 g/mol. The van der Waals surface area contributed by atoms with Gasteiger partial charge in [-0.25, -0.2) is 9.18 Å². The number of amides is 2. The van der Waals surface area contributed by atoms with Crippen LogP contribution in [0, 0.1) is 5.82 Å². The minimum absolute atomic E-state index is 0.0866. The number of carbonyl (C=O) groups is 3. The number of carboxylic acid groups (broad SMARTS) is 1. The molecule has 11 nitrogen and oxygen atoms in total. The maximum absolute atomic E-state index is 14.6. The van der Waals surface area contributed by atoms with Crippen LogP contribution in [0.15, 0.2) is 30.3 Å². The molecule has 0 saturated carbocycles. The van der Waals surface area contributed by atoms with Gasteiger partial charge in [-0.1, -0.05) is 6.07 Å². The van der Waals surface area contributed by atoms with Gasteiger partial charge in [0.1, 0.15) is 17.8 Å². The molecule has 1 aliphatic rings. The summed E-state index contributed by atoms with van der Waals surface area (Å²) in [6, 6.07) is 2.50. The Balaban J connectivity index is 2.13. The van der Waals surface area contributed by atoms with E-state index >= 15 is 0 Å². The number of carbonyl (C=O) groups excluding carboxylic acids is 2. The molecule has 3 rings (SSSR count). The number of phenols is 2. The molecule has 4 bridgehead atoms. The van der Waals surface area contributed by atoms with Crippen LogP contribution in [0.4, 0.5) is 4.39 Å². The first kappa shape index (κ1) is 25.9. The highest BCUT2D eigenvalue weighted by atomic mass is 19.1. The predicted molar refractivity (Wildman–Crippen MR) is 122 cm³/mol. The lowest BCUT2D eigenvalue weighted by Crippen LogP contribution is -2.56. The third-order valence-electron chi connectivity index (χ3n) is 5.78. The molecular weight excluding hydrogens is 463 g/mol. The molecule has 0 saturated heterocycles. The largest absolute Gasteiger partial charge is 0.508 e. The number of aliphatic hydroxyl groups is 1. The summed E-state index contributed by atoms with van der Waals surface area (Å²) >= 11 is 0. The fourth-order valence-corrected chi connectivity index (χ4v) is 3.81. The average Bonchev–Trinajstić information content (AvgIpc) is 2.81. The minimum Gasteiger partial charge on any atom is -0.508 e. The van der Waals surface area contributed by atoms with Gasteiger partial charge in [0.05, 0.1) is 12.1 Å². The number of aliphatic carboxylic acids is 1. The van der Waals surface area contributed by atoms with E-state index in [4.69, 9.17) is 11.5 Å². The zero-order chi connectivity index (χ0) is 25.9. The summed E-state index contributed by atoms with van der Waals surface area (Å²) in [5.41, 5.74) is 12.3. The lowest BCUT2D eigenvalue weighted by Gasteiger charge is -2.24. The van der Waals surface area contributed by atoms with E-state index in [-0.39, 0.29) is 41.8 Å². The van der Waals surface area contributed by atoms with Gasteiger partial charge in [-0.05, 0) is 41.0 Å². The summed E-state index contributed by atoms with van der Waals surface area (Å²) in [6.07, 6.45) is -2.15. The molecule has 0 radical (unpaired) electrons. The van der Waals surface area contributed by atoms with Crippen molar-refractivity contribution in [2.24, 2.45) is 11.5 Å². The second-order valence-electron chi connectivity index (χ2n) is 8.41. The molecule has 2 amide bonds. The first-order valence-corrected chi connectivity index (χ1v) is 10.8. The van der Waals surface area contributed by atoms with Gasteiger partial charge in [-0.3, -0.25) is 9.59 Å². The molecule has 2 aromatic carbocycles. The van der Waals surface area contributed by atoms with Crippen molar-refractivity contribution in [2.75, 3.05) is 6.54 Å². The molecule has 188 valence electrons. The Morgan fingerprint density at radius 2 is 1.74 bits per heavy atom. The number of halogens is 1. The van der Waals surface area contributed by atoms with Crippen molar-refractivity contribution >= 4 is 17.8 Å². The van der Waals surface area contributed by atoms with Gasteiger partial charge in [0.15, 0.2) is 11.6 Å². The van der Waals surface area contributed by atoms with Crippen LogP contribution in [-0.2, 0) is 27.2 Å². The van der Waals surface area contributed by atoms with Crippen LogP contribution in [0.5, 0.6) is 11.5 Å². The van der Waals surface area contributed by atoms with Crippen molar-refractivity contribution in [2.45, 2.75) is 43.5 Å². The van der Waals surface area contributed by atoms with Crippen molar-refractivity contribution in [3.63, 3.8) is 0 Å². The van der Waals surface area contributed by atoms with Gasteiger partial charge in [0.25, 0.3) is 0 Å². The maximum Gasteiger partial charge on any atom is 0.326 e. The maximum atomic E-state index is 14.6. The van der Waals surface area contributed by atoms with E-state index in [2.05, 4.69) is 10.6 Å². The second-order valence-corrected chi connectivity index (χ2v) is 8.41. The molecule has 0 unspecified atom stereocenters. The number of fused-ring (bicyclic) bond motifs is 5. The molecule has 0 aromatic heterocycles. The fraction of sp³-hybridized carbons (Fsp3) is 0.348. The van der Waals surface area contributed by atoms with Crippen molar-refractivity contribution in [1.29, 1.82) is 0 Å². The van der Waals surface area contributed by atoms with E-state index in [1.54, 1.807) is 0 Å². The Bertz CT molecular complexity index is 1140. The molecule has 12 heteroatoms. The fourth-order valence-electron chi connectivity index (χ4n) is 3.81. The van der Waals surface area contributed by atoms with E-state index in [9.17, 15) is 39.2 Å². The lowest BCUT2D eigenvalue weighted by atomic mass is 9.95. The molecule has 0 spiro atoms. The molecule has 4 atom stereocenters. The van der Waals surface area contributed by atoms with Crippen LogP contribution < -0.4 is 22.1 Å². The van der Waals surface area contributed by atoms with Crippen LogP contribution in [0.25, 0.3) is 11.1 Å². The molecule has 1 heterocycles. The number of nitrogens with one attached hydrogen (secondary N) is 2. The molecule has 0 fully saturated rings. The number of nitrogens with two attached hydrogens (primary N) is 2. The number of aromatic hydroxyl groups is 2. The van der Waals surface area contributed by atoms with Crippen molar-refractivity contribution < 1.29 is 39.2 Å². The Morgan fingerprint density at radius 1 is 1.06 bits per heavy atom. The predicted octanol–water partition coefficient (Wildman–Crippen LogP) is -0.906. The molecular formula is C23H27FN4O7. The number of benzene rings is 2. The van der Waals surface area contributed by atoms with Gasteiger partial charge >= 0.3 is 5.97 Å². The third-order valence-corrected chi connectivity index (χ3v) is 5.78. The third kappa shape index (κ3) is 6.04. The highest BCUT2D eigenvalue weighted by molar-refractivity contribution is 5.92. The molecule has 35 heavy (non-hydrogen) atoms. The summed E-state index contributed by atoms with van der Waals surface area (Å²) in [7, 11) is 0. The van der Waals surface area contributed by atoms with Gasteiger partial charge in [-0.2, -0.15) is 0 Å². The van der Waals surface area contributed by atoms with Gasteiger partial charge in [0, 0.05) is 31.4 Å². The van der Waals surface area contributed by atoms with Gasteiger partial charge in [0.2, 0.25) is 11.8 Å². The SMILES string of the molecule is NC[C@H](O)C[C@@H]1NC(=O)[C@@H](N)Cc2cc(ccc2O)-c2cc(F)c(O)c(c2)C[C@@H](C(=O)O)NC1=O. The summed E-state index contributed by atoms with van der Waals surface area (Å²) in [5.74, 6) is -5.15. The Kier molecular flexibility index (Phi) is 7.89. The number of hydrogen-bond donors (Lipinski definition) is 8. The highest BCUT2D eigenvalue weighted by Gasteiger charge is 2.31. The van der Waals surface area contributed by atoms with Gasteiger partial charge < -0.3 is 42.5 Å². The number of carboxylic acids is 1. The minimum atomic E-state index is -1.60. The summed E-state index contributed by atoms with van der Waals surface area (Å²) in [4.78, 5) is 37.5. The van der Waals surface area contributed by atoms with Crippen LogP contribution in [0.2, 0.25) is 0 Å². The van der Waals surface area contributed by atoms with E-state index in [0.29, 0.717) is 5.56 Å². The first-order chi connectivity index (χ1) is 16.5.